The third kappa shape index (κ3) is 3.15. The average Bonchev–Trinajstić information content (AvgIpc) is 2.35. The number of rotatable bonds is 6. The van der Waals surface area contributed by atoms with Crippen LogP contribution in [0.4, 0.5) is 5.95 Å². The van der Waals surface area contributed by atoms with Crippen LogP contribution in [0.3, 0.4) is 0 Å². The lowest BCUT2D eigenvalue weighted by Crippen LogP contribution is -2.20. The molecule has 0 amide bonds. The zero-order chi connectivity index (χ0) is 12.0. The molecule has 0 aromatic carbocycles. The minimum absolute atomic E-state index is 0.444. The van der Waals surface area contributed by atoms with Crippen molar-refractivity contribution in [2.45, 2.75) is 59.4 Å². The van der Waals surface area contributed by atoms with Crippen molar-refractivity contribution in [1.82, 2.24) is 15.2 Å². The van der Waals surface area contributed by atoms with E-state index in [0.717, 1.165) is 37.1 Å². The number of hydrogen-bond acceptors (Lipinski definition) is 4. The second-order valence-corrected chi connectivity index (χ2v) is 3.89. The lowest BCUT2D eigenvalue weighted by atomic mass is 10.2. The Morgan fingerprint density at radius 2 is 1.56 bits per heavy atom. The zero-order valence-electron chi connectivity index (χ0n) is 10.7. The molecule has 0 fully saturated rings. The summed E-state index contributed by atoms with van der Waals surface area (Å²) in [4.78, 5) is 4.51. The van der Waals surface area contributed by atoms with Crippen molar-refractivity contribution < 1.29 is 0 Å². The summed E-state index contributed by atoms with van der Waals surface area (Å²) in [5.74, 6) is 0.669. The van der Waals surface area contributed by atoms with Gasteiger partial charge in [0.25, 0.3) is 0 Å². The normalized spacial score (nSPS) is 10.8. The molecule has 0 spiro atoms. The molecular formula is C12H22N4. The molecule has 0 atom stereocenters. The van der Waals surface area contributed by atoms with Crippen LogP contribution in [0.25, 0.3) is 0 Å². The Morgan fingerprint density at radius 3 is 2.06 bits per heavy atom. The smallest absolute Gasteiger partial charge is 0.243 e. The molecule has 0 saturated carbocycles. The maximum atomic E-state index is 4.51. The third-order valence-corrected chi connectivity index (χ3v) is 2.83. The quantitative estimate of drug-likeness (QED) is 0.803. The molecule has 1 aromatic rings. The van der Waals surface area contributed by atoms with Gasteiger partial charge in [-0.25, -0.2) is 4.98 Å². The number of nitrogens with one attached hydrogen (secondary N) is 1. The van der Waals surface area contributed by atoms with Crippen LogP contribution in [0, 0.1) is 0 Å². The molecule has 0 aliphatic rings. The van der Waals surface area contributed by atoms with Gasteiger partial charge in [-0.05, 0) is 25.7 Å². The highest BCUT2D eigenvalue weighted by Gasteiger charge is 2.08. The van der Waals surface area contributed by atoms with Crippen LogP contribution in [0.15, 0.2) is 0 Å². The van der Waals surface area contributed by atoms with E-state index in [0.29, 0.717) is 12.0 Å². The summed E-state index contributed by atoms with van der Waals surface area (Å²) < 4.78 is 0. The van der Waals surface area contributed by atoms with E-state index in [9.17, 15) is 0 Å². The molecule has 0 unspecified atom stereocenters. The van der Waals surface area contributed by atoms with Crippen LogP contribution >= 0.6 is 0 Å². The first-order valence-corrected chi connectivity index (χ1v) is 6.24. The Labute approximate surface area is 97.9 Å². The van der Waals surface area contributed by atoms with Gasteiger partial charge >= 0.3 is 0 Å². The first-order chi connectivity index (χ1) is 7.74. The predicted octanol–water partition coefficient (Wildman–Crippen LogP) is 2.60. The molecule has 0 bridgehead atoms. The third-order valence-electron chi connectivity index (χ3n) is 2.83. The second kappa shape index (κ2) is 6.40. The molecule has 1 aromatic heterocycles. The number of aromatic nitrogens is 3. The van der Waals surface area contributed by atoms with Crippen molar-refractivity contribution in [1.29, 1.82) is 0 Å². The van der Waals surface area contributed by atoms with E-state index in [2.05, 4.69) is 48.2 Å². The SMILES string of the molecule is CCc1nnc(NC(CC)CC)nc1CC. The summed E-state index contributed by atoms with van der Waals surface area (Å²) in [5, 5.41) is 11.7. The first-order valence-electron chi connectivity index (χ1n) is 6.24. The summed E-state index contributed by atoms with van der Waals surface area (Å²) in [6.07, 6.45) is 3.97. The summed E-state index contributed by atoms with van der Waals surface area (Å²) in [7, 11) is 0. The van der Waals surface area contributed by atoms with E-state index in [-0.39, 0.29) is 0 Å². The minimum Gasteiger partial charge on any atom is -0.350 e. The zero-order valence-corrected chi connectivity index (χ0v) is 10.7. The van der Waals surface area contributed by atoms with E-state index in [1.54, 1.807) is 0 Å². The van der Waals surface area contributed by atoms with E-state index in [4.69, 9.17) is 0 Å². The molecule has 16 heavy (non-hydrogen) atoms. The number of hydrogen-bond donors (Lipinski definition) is 1. The van der Waals surface area contributed by atoms with Crippen LogP contribution in [0.1, 0.15) is 51.9 Å². The van der Waals surface area contributed by atoms with Crippen LogP contribution in [0.5, 0.6) is 0 Å². The van der Waals surface area contributed by atoms with Crippen molar-refractivity contribution in [2.24, 2.45) is 0 Å². The van der Waals surface area contributed by atoms with Gasteiger partial charge < -0.3 is 5.32 Å². The highest BCUT2D eigenvalue weighted by molar-refractivity contribution is 5.27. The van der Waals surface area contributed by atoms with Crippen LogP contribution < -0.4 is 5.32 Å². The molecule has 0 aliphatic carbocycles. The molecule has 1 heterocycles. The largest absolute Gasteiger partial charge is 0.350 e. The Hall–Kier alpha value is -1.19. The van der Waals surface area contributed by atoms with E-state index in [1.165, 1.54) is 0 Å². The van der Waals surface area contributed by atoms with Gasteiger partial charge in [0.15, 0.2) is 0 Å². The average molecular weight is 222 g/mol. The molecule has 90 valence electrons. The van der Waals surface area contributed by atoms with Gasteiger partial charge in [-0.15, -0.1) is 5.10 Å². The van der Waals surface area contributed by atoms with Crippen LogP contribution in [-0.2, 0) is 12.8 Å². The Morgan fingerprint density at radius 1 is 0.938 bits per heavy atom. The topological polar surface area (TPSA) is 50.7 Å². The highest BCUT2D eigenvalue weighted by Crippen LogP contribution is 2.09. The first kappa shape index (κ1) is 12.9. The predicted molar refractivity (Wildman–Crippen MR) is 66.6 cm³/mol. The summed E-state index contributed by atoms with van der Waals surface area (Å²) >= 11 is 0. The number of anilines is 1. The van der Waals surface area contributed by atoms with Crippen molar-refractivity contribution in [3.05, 3.63) is 11.4 Å². The fourth-order valence-electron chi connectivity index (χ4n) is 1.67. The summed E-state index contributed by atoms with van der Waals surface area (Å²) in [5.41, 5.74) is 2.07. The molecule has 0 saturated heterocycles. The molecule has 4 nitrogen and oxygen atoms in total. The molecule has 0 radical (unpaired) electrons. The summed E-state index contributed by atoms with van der Waals surface area (Å²) in [6.45, 7) is 8.51. The van der Waals surface area contributed by atoms with E-state index >= 15 is 0 Å². The molecule has 4 heteroatoms. The molecule has 0 aliphatic heterocycles. The standard InChI is InChI=1S/C12H22N4/c1-5-9(6-2)13-12-14-10(7-3)11(8-4)15-16-12/h9H,5-8H2,1-4H3,(H,13,14,16). The molecule has 1 N–H and O–H groups in total. The van der Waals surface area contributed by atoms with Crippen molar-refractivity contribution in [3.8, 4) is 0 Å². The van der Waals surface area contributed by atoms with Gasteiger partial charge in [0.1, 0.15) is 0 Å². The van der Waals surface area contributed by atoms with Gasteiger partial charge in [-0.2, -0.15) is 5.10 Å². The van der Waals surface area contributed by atoms with Gasteiger partial charge in [0.05, 0.1) is 11.4 Å². The van der Waals surface area contributed by atoms with Gasteiger partial charge in [-0.3, -0.25) is 0 Å². The van der Waals surface area contributed by atoms with Gasteiger partial charge in [-0.1, -0.05) is 27.7 Å². The second-order valence-electron chi connectivity index (χ2n) is 3.89. The summed E-state index contributed by atoms with van der Waals surface area (Å²) in [6, 6.07) is 0.444. The Kier molecular flexibility index (Phi) is 5.15. The van der Waals surface area contributed by atoms with Crippen molar-refractivity contribution >= 4 is 5.95 Å². The maximum Gasteiger partial charge on any atom is 0.243 e. The fraction of sp³-hybridized carbons (Fsp3) is 0.750. The maximum absolute atomic E-state index is 4.51. The van der Waals surface area contributed by atoms with Gasteiger partial charge in [0.2, 0.25) is 5.95 Å². The number of nitrogens with zero attached hydrogens (tertiary/aromatic N) is 3. The lowest BCUT2D eigenvalue weighted by molar-refractivity contribution is 0.658. The Bertz CT molecular complexity index is 321. The number of aryl methyl sites for hydroxylation is 2. The van der Waals surface area contributed by atoms with Crippen LogP contribution in [-0.4, -0.2) is 21.2 Å². The van der Waals surface area contributed by atoms with Gasteiger partial charge in [0, 0.05) is 6.04 Å². The minimum atomic E-state index is 0.444. The fourth-order valence-corrected chi connectivity index (χ4v) is 1.67. The highest BCUT2D eigenvalue weighted by atomic mass is 15.2. The molecular weight excluding hydrogens is 200 g/mol. The Balaban J connectivity index is 2.82. The lowest BCUT2D eigenvalue weighted by Gasteiger charge is -2.15. The van der Waals surface area contributed by atoms with E-state index < -0.39 is 0 Å². The molecule has 1 rings (SSSR count). The van der Waals surface area contributed by atoms with Crippen LogP contribution in [0.2, 0.25) is 0 Å². The van der Waals surface area contributed by atoms with E-state index in [1.807, 2.05) is 0 Å². The monoisotopic (exact) mass is 222 g/mol. The van der Waals surface area contributed by atoms with Crippen molar-refractivity contribution in [3.63, 3.8) is 0 Å². The van der Waals surface area contributed by atoms with Crippen molar-refractivity contribution in [2.75, 3.05) is 5.32 Å².